The van der Waals surface area contributed by atoms with Crippen molar-refractivity contribution in [3.8, 4) is 0 Å². The first-order chi connectivity index (χ1) is 13.5. The maximum Gasteiger partial charge on any atom is 0.256 e. The van der Waals surface area contributed by atoms with E-state index in [0.717, 1.165) is 16.5 Å². The number of carbonyl (C=O) groups excluding carboxylic acids is 2. The van der Waals surface area contributed by atoms with Crippen LogP contribution in [-0.4, -0.2) is 34.7 Å². The molecule has 3 aromatic rings. The van der Waals surface area contributed by atoms with Crippen molar-refractivity contribution in [2.45, 2.75) is 19.8 Å². The lowest BCUT2D eigenvalue weighted by Crippen LogP contribution is -2.40. The molecule has 2 heterocycles. The molecule has 1 saturated heterocycles. The number of nitrogens with zero attached hydrogens (tertiary/aromatic N) is 2. The van der Waals surface area contributed by atoms with Crippen LogP contribution >= 0.6 is 11.6 Å². The van der Waals surface area contributed by atoms with Gasteiger partial charge in [0.25, 0.3) is 5.91 Å². The van der Waals surface area contributed by atoms with Crippen LogP contribution in [0.2, 0.25) is 5.02 Å². The minimum atomic E-state index is -0.0764. The minimum absolute atomic E-state index is 0.0408. The average Bonchev–Trinajstić information content (AvgIpc) is 2.73. The van der Waals surface area contributed by atoms with Crippen LogP contribution in [0, 0.1) is 12.8 Å². The molecule has 1 aromatic heterocycles. The lowest BCUT2D eigenvalue weighted by atomic mass is 9.88. The first-order valence-corrected chi connectivity index (χ1v) is 9.85. The fraction of sp³-hybridized carbons (Fsp3) is 0.261. The van der Waals surface area contributed by atoms with Crippen LogP contribution in [-0.2, 0) is 0 Å². The quantitative estimate of drug-likeness (QED) is 0.593. The number of benzene rings is 2. The lowest BCUT2D eigenvalue weighted by molar-refractivity contribution is 0.0652. The molecule has 1 fully saturated rings. The highest BCUT2D eigenvalue weighted by Gasteiger charge is 2.29. The highest BCUT2D eigenvalue weighted by atomic mass is 35.5. The largest absolute Gasteiger partial charge is 0.339 e. The Bertz CT molecular complexity index is 1040. The Morgan fingerprint density at radius 1 is 1.07 bits per heavy atom. The predicted octanol–water partition coefficient (Wildman–Crippen LogP) is 4.93. The number of amides is 1. The number of Topliss-reactive ketones (excluding diaryl/α,β-unsaturated/α-hetero) is 1. The number of carbonyl (C=O) groups is 2. The van der Waals surface area contributed by atoms with Crippen molar-refractivity contribution in [3.05, 3.63) is 76.4 Å². The lowest BCUT2D eigenvalue weighted by Gasteiger charge is -2.31. The van der Waals surface area contributed by atoms with E-state index in [-0.39, 0.29) is 17.6 Å². The number of halogens is 1. The number of hydrogen-bond acceptors (Lipinski definition) is 3. The van der Waals surface area contributed by atoms with E-state index in [4.69, 9.17) is 11.6 Å². The summed E-state index contributed by atoms with van der Waals surface area (Å²) in [5.74, 6) is 0.0513. The molecule has 0 unspecified atom stereocenters. The summed E-state index contributed by atoms with van der Waals surface area (Å²) in [5, 5.41) is 1.37. The van der Waals surface area contributed by atoms with Crippen molar-refractivity contribution in [2.75, 3.05) is 13.1 Å². The number of pyridine rings is 1. The summed E-state index contributed by atoms with van der Waals surface area (Å²) in [5.41, 5.74) is 3.07. The zero-order valence-corrected chi connectivity index (χ0v) is 16.4. The Labute approximate surface area is 169 Å². The zero-order chi connectivity index (χ0) is 19.7. The Morgan fingerprint density at radius 3 is 2.50 bits per heavy atom. The number of aromatic nitrogens is 1. The molecular weight excluding hydrogens is 372 g/mol. The highest BCUT2D eigenvalue weighted by Crippen LogP contribution is 2.27. The second-order valence-electron chi connectivity index (χ2n) is 7.33. The van der Waals surface area contributed by atoms with Crippen LogP contribution in [0.5, 0.6) is 0 Å². The summed E-state index contributed by atoms with van der Waals surface area (Å²) in [6, 6.07) is 14.9. The van der Waals surface area contributed by atoms with Gasteiger partial charge in [-0.05, 0) is 38.0 Å². The van der Waals surface area contributed by atoms with Crippen molar-refractivity contribution in [3.63, 3.8) is 0 Å². The van der Waals surface area contributed by atoms with E-state index in [2.05, 4.69) is 4.98 Å². The third-order valence-electron chi connectivity index (χ3n) is 5.39. The highest BCUT2D eigenvalue weighted by molar-refractivity contribution is 6.32. The molecule has 0 saturated carbocycles. The fourth-order valence-corrected chi connectivity index (χ4v) is 4.01. The van der Waals surface area contributed by atoms with Crippen molar-refractivity contribution < 1.29 is 9.59 Å². The molecule has 0 N–H and O–H groups in total. The molecule has 28 heavy (non-hydrogen) atoms. The van der Waals surface area contributed by atoms with Gasteiger partial charge in [0, 0.05) is 41.2 Å². The molecule has 5 heteroatoms. The molecule has 1 amide bonds. The van der Waals surface area contributed by atoms with Gasteiger partial charge in [0.1, 0.15) is 0 Å². The molecule has 0 aliphatic carbocycles. The third kappa shape index (κ3) is 3.65. The normalized spacial score (nSPS) is 15.0. The van der Waals surface area contributed by atoms with Gasteiger partial charge in [-0.2, -0.15) is 0 Å². The monoisotopic (exact) mass is 392 g/mol. The van der Waals surface area contributed by atoms with Crippen molar-refractivity contribution >= 4 is 34.2 Å². The van der Waals surface area contributed by atoms with E-state index in [1.165, 1.54) is 0 Å². The Balaban J connectivity index is 1.49. The second kappa shape index (κ2) is 7.72. The summed E-state index contributed by atoms with van der Waals surface area (Å²) >= 11 is 6.21. The standard InChI is InChI=1S/C23H21ClN2O2/c1-15-4-6-16(7-5-15)22(27)17-8-11-26(12-9-17)23(28)20-14-19(24)13-18-3-2-10-25-21(18)20/h2-7,10,13-14,17H,8-9,11-12H2,1H3. The molecule has 4 nitrogen and oxygen atoms in total. The van der Waals surface area contributed by atoms with Crippen LogP contribution < -0.4 is 0 Å². The molecule has 4 rings (SSSR count). The first-order valence-electron chi connectivity index (χ1n) is 9.47. The van der Waals surface area contributed by atoms with Gasteiger partial charge in [-0.1, -0.05) is 47.5 Å². The Kier molecular flexibility index (Phi) is 5.14. The van der Waals surface area contributed by atoms with E-state index in [1.807, 2.05) is 49.4 Å². The summed E-state index contributed by atoms with van der Waals surface area (Å²) in [4.78, 5) is 32.0. The van der Waals surface area contributed by atoms with Crippen molar-refractivity contribution in [1.82, 2.24) is 9.88 Å². The summed E-state index contributed by atoms with van der Waals surface area (Å²) in [7, 11) is 0. The fourth-order valence-electron chi connectivity index (χ4n) is 3.79. The molecule has 142 valence electrons. The number of fused-ring (bicyclic) bond motifs is 1. The van der Waals surface area contributed by atoms with Gasteiger partial charge in [-0.25, -0.2) is 0 Å². The summed E-state index contributed by atoms with van der Waals surface area (Å²) < 4.78 is 0. The molecular formula is C23H21ClN2O2. The van der Waals surface area contributed by atoms with E-state index in [1.54, 1.807) is 17.2 Å². The van der Waals surface area contributed by atoms with Crippen molar-refractivity contribution in [1.29, 1.82) is 0 Å². The molecule has 1 aliphatic heterocycles. The van der Waals surface area contributed by atoms with E-state index in [9.17, 15) is 9.59 Å². The number of rotatable bonds is 3. The van der Waals surface area contributed by atoms with E-state index >= 15 is 0 Å². The molecule has 2 aromatic carbocycles. The number of likely N-dealkylation sites (tertiary alicyclic amines) is 1. The maximum atomic E-state index is 13.1. The molecule has 0 spiro atoms. The van der Waals surface area contributed by atoms with Crippen molar-refractivity contribution in [2.24, 2.45) is 5.92 Å². The van der Waals surface area contributed by atoms with Crippen LogP contribution in [0.15, 0.2) is 54.7 Å². The minimum Gasteiger partial charge on any atom is -0.339 e. The number of aryl methyl sites for hydroxylation is 1. The van der Waals surface area contributed by atoms with Gasteiger partial charge < -0.3 is 4.90 Å². The van der Waals surface area contributed by atoms with Gasteiger partial charge in [-0.3, -0.25) is 14.6 Å². The van der Waals surface area contributed by atoms with Gasteiger partial charge in [0.05, 0.1) is 11.1 Å². The molecule has 0 radical (unpaired) electrons. The Morgan fingerprint density at radius 2 is 1.79 bits per heavy atom. The second-order valence-corrected chi connectivity index (χ2v) is 7.76. The summed E-state index contributed by atoms with van der Waals surface area (Å²) in [6.07, 6.45) is 3.02. The number of piperidine rings is 1. The molecule has 0 bridgehead atoms. The third-order valence-corrected chi connectivity index (χ3v) is 5.61. The van der Waals surface area contributed by atoms with Crippen LogP contribution in [0.25, 0.3) is 10.9 Å². The maximum absolute atomic E-state index is 13.1. The topological polar surface area (TPSA) is 50.3 Å². The smallest absolute Gasteiger partial charge is 0.256 e. The van der Waals surface area contributed by atoms with Gasteiger partial charge in [-0.15, -0.1) is 0 Å². The SMILES string of the molecule is Cc1ccc(C(=O)C2CCN(C(=O)c3cc(Cl)cc4cccnc34)CC2)cc1. The van der Waals surface area contributed by atoms with Crippen LogP contribution in [0.1, 0.15) is 39.1 Å². The Hall–Kier alpha value is -2.72. The first kappa shape index (κ1) is 18.6. The van der Waals surface area contributed by atoms with Gasteiger partial charge in [0.2, 0.25) is 0 Å². The molecule has 0 atom stereocenters. The number of ketones is 1. The number of hydrogen-bond donors (Lipinski definition) is 0. The van der Waals surface area contributed by atoms with Gasteiger partial charge >= 0.3 is 0 Å². The van der Waals surface area contributed by atoms with Gasteiger partial charge in [0.15, 0.2) is 5.78 Å². The molecule has 1 aliphatic rings. The van der Waals surface area contributed by atoms with E-state index < -0.39 is 0 Å². The predicted molar refractivity (Wildman–Crippen MR) is 111 cm³/mol. The van der Waals surface area contributed by atoms with Crippen LogP contribution in [0.3, 0.4) is 0 Å². The summed E-state index contributed by atoms with van der Waals surface area (Å²) in [6.45, 7) is 3.12. The van der Waals surface area contributed by atoms with Crippen LogP contribution in [0.4, 0.5) is 0 Å². The zero-order valence-electron chi connectivity index (χ0n) is 15.7. The average molecular weight is 393 g/mol. The van der Waals surface area contributed by atoms with E-state index in [0.29, 0.717) is 42.0 Å².